The highest BCUT2D eigenvalue weighted by molar-refractivity contribution is 5.80. The highest BCUT2D eigenvalue weighted by atomic mass is 17.1. The molecule has 0 spiro atoms. The van der Waals surface area contributed by atoms with Crippen LogP contribution in [-0.2, 0) is 14.4 Å². The maximum atomic E-state index is 11.1. The van der Waals surface area contributed by atoms with E-state index in [0.29, 0.717) is 0 Å². The standard InChI is InChI=1S/C8H14O5/c1-5(2)6(8(10)12-3)4-7(9)13-11/h5-6,11H,4H2,1-3H3/p+1. The number of hydrogen-bond acceptors (Lipinski definition) is 4. The number of methoxy groups -OCH3 is 1. The van der Waals surface area contributed by atoms with Crippen LogP contribution in [-0.4, -0.2) is 29.1 Å². The van der Waals surface area contributed by atoms with E-state index in [0.717, 1.165) is 0 Å². The summed E-state index contributed by atoms with van der Waals surface area (Å²) >= 11 is 0. The molecule has 0 aromatic carbocycles. The molecule has 0 aliphatic heterocycles. The van der Waals surface area contributed by atoms with Gasteiger partial charge in [0.05, 0.1) is 13.0 Å². The van der Waals surface area contributed by atoms with Crippen molar-refractivity contribution in [3.63, 3.8) is 0 Å². The Morgan fingerprint density at radius 2 is 2.08 bits per heavy atom. The molecule has 0 aliphatic carbocycles. The summed E-state index contributed by atoms with van der Waals surface area (Å²) in [6.07, 6.45) is -0.0547. The Morgan fingerprint density at radius 3 is 2.38 bits per heavy atom. The van der Waals surface area contributed by atoms with Gasteiger partial charge < -0.3 is 9.53 Å². The van der Waals surface area contributed by atoms with Crippen molar-refractivity contribution in [2.45, 2.75) is 20.3 Å². The summed E-state index contributed by atoms with van der Waals surface area (Å²) in [4.78, 5) is 23.6. The van der Waals surface area contributed by atoms with Crippen LogP contribution in [0.5, 0.6) is 0 Å². The van der Waals surface area contributed by atoms with E-state index in [1.54, 1.807) is 0 Å². The number of carbonyl (C=O) groups is 1. The Balaban J connectivity index is 4.26. The van der Waals surface area contributed by atoms with Gasteiger partial charge in [0.2, 0.25) is 0 Å². The molecular weight excluding hydrogens is 176 g/mol. The lowest BCUT2D eigenvalue weighted by molar-refractivity contribution is -0.167. The SMILES string of the molecule is COC(=O)C(CC(=[OH+])OO)C(C)C. The van der Waals surface area contributed by atoms with Crippen molar-refractivity contribution in [3.05, 3.63) is 0 Å². The summed E-state index contributed by atoms with van der Waals surface area (Å²) in [7, 11) is 1.27. The molecule has 13 heavy (non-hydrogen) atoms. The molecule has 1 atom stereocenters. The van der Waals surface area contributed by atoms with Crippen molar-refractivity contribution < 1.29 is 24.5 Å². The van der Waals surface area contributed by atoms with Gasteiger partial charge in [-0.25, -0.2) is 0 Å². The van der Waals surface area contributed by atoms with Gasteiger partial charge in [0.1, 0.15) is 6.42 Å². The minimum atomic E-state index is -0.580. The lowest BCUT2D eigenvalue weighted by Gasteiger charge is -2.13. The Morgan fingerprint density at radius 1 is 1.54 bits per heavy atom. The molecule has 5 heteroatoms. The van der Waals surface area contributed by atoms with Crippen molar-refractivity contribution in [3.8, 4) is 0 Å². The topological polar surface area (TPSA) is 77.2 Å². The summed E-state index contributed by atoms with van der Waals surface area (Å²) < 4.78 is 4.52. The lowest BCUT2D eigenvalue weighted by Crippen LogP contribution is -2.25. The van der Waals surface area contributed by atoms with Crippen LogP contribution in [0.1, 0.15) is 20.3 Å². The number of carbonyl (C=O) groups excluding carboxylic acids is 2. The number of ether oxygens (including phenoxy) is 1. The quantitative estimate of drug-likeness (QED) is 0.309. The minimum Gasteiger partial charge on any atom is -0.469 e. The van der Waals surface area contributed by atoms with Crippen LogP contribution >= 0.6 is 0 Å². The molecule has 0 fully saturated rings. The molecule has 0 amide bonds. The number of hydrogen-bond donors (Lipinski definition) is 1. The molecule has 1 unspecified atom stereocenters. The van der Waals surface area contributed by atoms with Crippen LogP contribution in [0, 0.1) is 11.8 Å². The van der Waals surface area contributed by atoms with Crippen LogP contribution < -0.4 is 0 Å². The fraction of sp³-hybridized carbons (Fsp3) is 0.750. The monoisotopic (exact) mass is 191 g/mol. The average molecular weight is 191 g/mol. The molecule has 0 heterocycles. The molecule has 0 saturated carbocycles. The van der Waals surface area contributed by atoms with Crippen LogP contribution in [0.15, 0.2) is 0 Å². The van der Waals surface area contributed by atoms with E-state index < -0.39 is 17.9 Å². The molecule has 0 radical (unpaired) electrons. The molecule has 2 N–H and O–H groups in total. The van der Waals surface area contributed by atoms with E-state index in [9.17, 15) is 4.79 Å². The fourth-order valence-corrected chi connectivity index (χ4v) is 0.968. The summed E-state index contributed by atoms with van der Waals surface area (Å²) in [5.41, 5.74) is 0. The fourth-order valence-electron chi connectivity index (χ4n) is 0.968. The average Bonchev–Trinajstić information content (AvgIpc) is 2.11. The first-order valence-corrected chi connectivity index (χ1v) is 3.97. The van der Waals surface area contributed by atoms with Gasteiger partial charge >= 0.3 is 11.9 Å². The highest BCUT2D eigenvalue weighted by Crippen LogP contribution is 2.17. The summed E-state index contributed by atoms with van der Waals surface area (Å²) in [5.74, 6) is -1.51. The Hall–Kier alpha value is -1.10. The van der Waals surface area contributed by atoms with Gasteiger partial charge in [0.15, 0.2) is 0 Å². The molecule has 0 rings (SSSR count). The predicted octanol–water partition coefficient (Wildman–Crippen LogP) is 0.814. The first-order valence-electron chi connectivity index (χ1n) is 3.97. The van der Waals surface area contributed by atoms with Crippen molar-refractivity contribution in [1.29, 1.82) is 0 Å². The molecule has 0 aromatic rings. The second-order valence-electron chi connectivity index (χ2n) is 3.06. The zero-order valence-electron chi connectivity index (χ0n) is 7.98. The maximum absolute atomic E-state index is 11.1. The molecule has 0 aliphatic rings. The lowest BCUT2D eigenvalue weighted by atomic mass is 9.93. The number of esters is 1. The molecular formula is C8H15O5+. The Bertz CT molecular complexity index is 187. The van der Waals surface area contributed by atoms with E-state index in [1.807, 2.05) is 13.8 Å². The number of rotatable bonds is 4. The predicted molar refractivity (Wildman–Crippen MR) is 45.6 cm³/mol. The van der Waals surface area contributed by atoms with Crippen molar-refractivity contribution in [2.75, 3.05) is 7.11 Å². The third-order valence-corrected chi connectivity index (χ3v) is 1.81. The third kappa shape index (κ3) is 3.89. The molecule has 0 aromatic heterocycles. The molecule has 0 bridgehead atoms. The Kier molecular flexibility index (Phi) is 5.06. The first kappa shape index (κ1) is 11.9. The van der Waals surface area contributed by atoms with Crippen LogP contribution in [0.25, 0.3) is 0 Å². The van der Waals surface area contributed by atoms with E-state index >= 15 is 0 Å². The summed E-state index contributed by atoms with van der Waals surface area (Å²) in [6.45, 7) is 3.62. The minimum absolute atomic E-state index is 0.00440. The third-order valence-electron chi connectivity index (χ3n) is 1.81. The molecule has 76 valence electrons. The first-order chi connectivity index (χ1) is 6.02. The van der Waals surface area contributed by atoms with E-state index in [-0.39, 0.29) is 12.3 Å². The Labute approximate surface area is 76.6 Å². The van der Waals surface area contributed by atoms with Crippen molar-refractivity contribution in [2.24, 2.45) is 11.8 Å². The van der Waals surface area contributed by atoms with Gasteiger partial charge in [-0.3, -0.25) is 4.79 Å². The van der Waals surface area contributed by atoms with Crippen LogP contribution in [0.3, 0.4) is 0 Å². The molecule has 0 saturated heterocycles. The van der Waals surface area contributed by atoms with Gasteiger partial charge in [-0.05, 0) is 5.92 Å². The van der Waals surface area contributed by atoms with Gasteiger partial charge in [-0.2, -0.15) is 0 Å². The van der Waals surface area contributed by atoms with E-state index in [1.165, 1.54) is 7.11 Å². The normalized spacial score (nSPS) is 12.4. The van der Waals surface area contributed by atoms with Gasteiger partial charge in [-0.1, -0.05) is 19.1 Å². The van der Waals surface area contributed by atoms with Gasteiger partial charge in [0.25, 0.3) is 0 Å². The largest absolute Gasteiger partial charge is 0.528 e. The van der Waals surface area contributed by atoms with Crippen molar-refractivity contribution in [1.82, 2.24) is 0 Å². The summed E-state index contributed by atoms with van der Waals surface area (Å²) in [6, 6.07) is 0. The van der Waals surface area contributed by atoms with E-state index in [2.05, 4.69) is 9.62 Å². The highest BCUT2D eigenvalue weighted by Gasteiger charge is 2.30. The zero-order valence-corrected chi connectivity index (χ0v) is 7.98. The second kappa shape index (κ2) is 5.53. The van der Waals surface area contributed by atoms with Crippen molar-refractivity contribution >= 4 is 11.9 Å². The second-order valence-corrected chi connectivity index (χ2v) is 3.06. The van der Waals surface area contributed by atoms with E-state index in [4.69, 9.17) is 10.1 Å². The van der Waals surface area contributed by atoms with Crippen LogP contribution in [0.4, 0.5) is 0 Å². The zero-order chi connectivity index (χ0) is 10.4. The maximum Gasteiger partial charge on any atom is 0.528 e. The van der Waals surface area contributed by atoms with Gasteiger partial charge in [0, 0.05) is 0 Å². The van der Waals surface area contributed by atoms with Gasteiger partial charge in [-0.15, -0.1) is 4.89 Å². The molecule has 5 nitrogen and oxygen atoms in total. The van der Waals surface area contributed by atoms with Crippen LogP contribution in [0.2, 0.25) is 0 Å². The summed E-state index contributed by atoms with van der Waals surface area (Å²) in [5, 5.41) is 8.08. The smallest absolute Gasteiger partial charge is 0.469 e.